The molecule has 0 heterocycles. The Balaban J connectivity index is 1.94. The highest BCUT2D eigenvalue weighted by atomic mass is 16.5. The summed E-state index contributed by atoms with van der Waals surface area (Å²) in [6, 6.07) is 0. The van der Waals surface area contributed by atoms with E-state index in [-0.39, 0.29) is 11.9 Å². The molecular weight excluding hydrogens is 220 g/mol. The highest BCUT2D eigenvalue weighted by molar-refractivity contribution is 5.66. The van der Waals surface area contributed by atoms with Crippen LogP contribution in [0.15, 0.2) is 12.2 Å². The third kappa shape index (κ3) is 2.68. The normalized spacial score (nSPS) is 33.8. The predicted octanol–water partition coefficient (Wildman–Crippen LogP) is 1.55. The summed E-state index contributed by atoms with van der Waals surface area (Å²) in [6.07, 6.45) is 5.49. The van der Waals surface area contributed by atoms with E-state index in [4.69, 9.17) is 9.47 Å². The van der Waals surface area contributed by atoms with E-state index >= 15 is 0 Å². The summed E-state index contributed by atoms with van der Waals surface area (Å²) in [5.74, 6) is 1.05. The van der Waals surface area contributed by atoms with E-state index in [2.05, 4.69) is 12.2 Å². The lowest BCUT2D eigenvalue weighted by Gasteiger charge is -2.26. The van der Waals surface area contributed by atoms with Crippen molar-refractivity contribution in [2.75, 3.05) is 13.2 Å². The predicted molar refractivity (Wildman–Crippen MR) is 61.0 cm³/mol. The lowest BCUT2D eigenvalue weighted by molar-refractivity contribution is -0.147. The van der Waals surface area contributed by atoms with Crippen molar-refractivity contribution in [3.63, 3.8) is 0 Å². The molecule has 0 radical (unpaired) electrons. The minimum Gasteiger partial charge on any atom is -0.466 e. The highest BCUT2D eigenvalue weighted by Crippen LogP contribution is 2.48. The zero-order valence-electron chi connectivity index (χ0n) is 10.2. The first-order chi connectivity index (χ1) is 8.08. The Labute approximate surface area is 101 Å². The summed E-state index contributed by atoms with van der Waals surface area (Å²) in [4.78, 5) is 21.7. The average molecular weight is 238 g/mol. The van der Waals surface area contributed by atoms with Crippen molar-refractivity contribution < 1.29 is 19.1 Å². The molecule has 0 amide bonds. The van der Waals surface area contributed by atoms with Crippen molar-refractivity contribution in [1.29, 1.82) is 0 Å². The van der Waals surface area contributed by atoms with E-state index < -0.39 is 0 Å². The lowest BCUT2D eigenvalue weighted by Crippen LogP contribution is -2.29. The van der Waals surface area contributed by atoms with Crippen molar-refractivity contribution in [3.8, 4) is 0 Å². The molecule has 94 valence electrons. The molecule has 0 aromatic rings. The number of fused-ring (bicyclic) bond motifs is 2. The summed E-state index contributed by atoms with van der Waals surface area (Å²) in [5, 5.41) is 0. The van der Waals surface area contributed by atoms with Gasteiger partial charge in [0, 0.05) is 25.7 Å². The second-order valence-corrected chi connectivity index (χ2v) is 4.88. The summed E-state index contributed by atoms with van der Waals surface area (Å²) < 4.78 is 10.2. The van der Waals surface area contributed by atoms with E-state index in [1.807, 2.05) is 0 Å². The first kappa shape index (κ1) is 12.1. The van der Waals surface area contributed by atoms with Gasteiger partial charge < -0.3 is 9.47 Å². The molecular formula is C13H18O4. The summed E-state index contributed by atoms with van der Waals surface area (Å²) in [6.45, 7) is 3.72. The zero-order valence-corrected chi connectivity index (χ0v) is 10.2. The number of esters is 2. The molecule has 0 N–H and O–H groups in total. The minimum atomic E-state index is -0.247. The number of allylic oxidation sites excluding steroid dienone is 2. The van der Waals surface area contributed by atoms with Gasteiger partial charge in [0.1, 0.15) is 0 Å². The number of carbonyl (C=O) groups is 2. The molecule has 1 saturated carbocycles. The summed E-state index contributed by atoms with van der Waals surface area (Å²) in [5.41, 5.74) is 0. The molecule has 0 unspecified atom stereocenters. The SMILES string of the molecule is CC(=O)OC[C@@H]1[C@H](COC(C)=O)[C@@H]2C=C[C@H]1C2. The van der Waals surface area contributed by atoms with E-state index in [0.29, 0.717) is 36.9 Å². The first-order valence-electron chi connectivity index (χ1n) is 6.03. The minimum absolute atomic E-state index is 0.247. The highest BCUT2D eigenvalue weighted by Gasteiger charge is 2.45. The van der Waals surface area contributed by atoms with Gasteiger partial charge in [0.15, 0.2) is 0 Å². The van der Waals surface area contributed by atoms with E-state index in [1.165, 1.54) is 13.8 Å². The van der Waals surface area contributed by atoms with Crippen molar-refractivity contribution in [1.82, 2.24) is 0 Å². The van der Waals surface area contributed by atoms with Gasteiger partial charge in [-0.3, -0.25) is 9.59 Å². The van der Waals surface area contributed by atoms with Crippen molar-refractivity contribution in [3.05, 3.63) is 12.2 Å². The lowest BCUT2D eigenvalue weighted by atomic mass is 9.84. The molecule has 17 heavy (non-hydrogen) atoms. The number of ether oxygens (including phenoxy) is 2. The van der Waals surface area contributed by atoms with Crippen LogP contribution in [0.5, 0.6) is 0 Å². The second kappa shape index (κ2) is 4.90. The Kier molecular flexibility index (Phi) is 3.50. The Morgan fingerprint density at radius 2 is 1.41 bits per heavy atom. The largest absolute Gasteiger partial charge is 0.466 e. The average Bonchev–Trinajstić information content (AvgIpc) is 2.83. The van der Waals surface area contributed by atoms with Crippen molar-refractivity contribution in [2.45, 2.75) is 20.3 Å². The van der Waals surface area contributed by atoms with Gasteiger partial charge >= 0.3 is 11.9 Å². The molecule has 1 fully saturated rings. The van der Waals surface area contributed by atoms with Gasteiger partial charge in [-0.2, -0.15) is 0 Å². The van der Waals surface area contributed by atoms with Crippen LogP contribution in [0.25, 0.3) is 0 Å². The van der Waals surface area contributed by atoms with Crippen LogP contribution in [-0.4, -0.2) is 25.2 Å². The van der Waals surface area contributed by atoms with Gasteiger partial charge in [0.05, 0.1) is 13.2 Å². The topological polar surface area (TPSA) is 52.6 Å². The fraction of sp³-hybridized carbons (Fsp3) is 0.692. The van der Waals surface area contributed by atoms with Crippen LogP contribution in [0.4, 0.5) is 0 Å². The fourth-order valence-corrected chi connectivity index (χ4v) is 2.95. The van der Waals surface area contributed by atoms with Crippen LogP contribution >= 0.6 is 0 Å². The van der Waals surface area contributed by atoms with Crippen LogP contribution < -0.4 is 0 Å². The van der Waals surface area contributed by atoms with Crippen LogP contribution in [0, 0.1) is 23.7 Å². The molecule has 0 aromatic carbocycles. The smallest absolute Gasteiger partial charge is 0.302 e. The molecule has 4 atom stereocenters. The van der Waals surface area contributed by atoms with Crippen LogP contribution in [0.3, 0.4) is 0 Å². The van der Waals surface area contributed by atoms with Gasteiger partial charge in [-0.15, -0.1) is 0 Å². The van der Waals surface area contributed by atoms with Crippen molar-refractivity contribution >= 4 is 11.9 Å². The molecule has 0 spiro atoms. The third-order valence-electron chi connectivity index (χ3n) is 3.76. The summed E-state index contributed by atoms with van der Waals surface area (Å²) in [7, 11) is 0. The molecule has 4 nitrogen and oxygen atoms in total. The fourth-order valence-electron chi connectivity index (χ4n) is 2.95. The van der Waals surface area contributed by atoms with E-state index in [1.54, 1.807) is 0 Å². The molecule has 0 aliphatic heterocycles. The van der Waals surface area contributed by atoms with Crippen LogP contribution in [-0.2, 0) is 19.1 Å². The third-order valence-corrected chi connectivity index (χ3v) is 3.76. The quantitative estimate of drug-likeness (QED) is 0.551. The van der Waals surface area contributed by atoms with Gasteiger partial charge in [0.25, 0.3) is 0 Å². The molecule has 2 bridgehead atoms. The first-order valence-corrected chi connectivity index (χ1v) is 6.03. The monoisotopic (exact) mass is 238 g/mol. The molecule has 2 aliphatic carbocycles. The number of rotatable bonds is 4. The standard InChI is InChI=1S/C13H18O4/c1-8(14)16-6-12-10-3-4-11(5-10)13(12)7-17-9(2)15/h3-4,10-13H,5-7H2,1-2H3/t10-,11+,12-,13+. The maximum Gasteiger partial charge on any atom is 0.302 e. The number of carbonyl (C=O) groups excluding carboxylic acids is 2. The van der Waals surface area contributed by atoms with Crippen LogP contribution in [0.1, 0.15) is 20.3 Å². The van der Waals surface area contributed by atoms with Gasteiger partial charge in [-0.05, 0) is 18.3 Å². The molecule has 0 saturated heterocycles. The Morgan fingerprint density at radius 1 is 1.00 bits per heavy atom. The Bertz CT molecular complexity index is 315. The maximum atomic E-state index is 10.9. The van der Waals surface area contributed by atoms with Gasteiger partial charge in [0.2, 0.25) is 0 Å². The Morgan fingerprint density at radius 3 is 1.76 bits per heavy atom. The van der Waals surface area contributed by atoms with E-state index in [9.17, 15) is 9.59 Å². The molecule has 4 heteroatoms. The Hall–Kier alpha value is -1.32. The summed E-state index contributed by atoms with van der Waals surface area (Å²) >= 11 is 0. The van der Waals surface area contributed by atoms with Crippen molar-refractivity contribution in [2.24, 2.45) is 23.7 Å². The van der Waals surface area contributed by atoms with Crippen LogP contribution in [0.2, 0.25) is 0 Å². The second-order valence-electron chi connectivity index (χ2n) is 4.88. The number of hydrogen-bond acceptors (Lipinski definition) is 4. The van der Waals surface area contributed by atoms with Gasteiger partial charge in [-0.25, -0.2) is 0 Å². The van der Waals surface area contributed by atoms with E-state index in [0.717, 1.165) is 6.42 Å². The number of hydrogen-bond donors (Lipinski definition) is 0. The maximum absolute atomic E-state index is 10.9. The zero-order chi connectivity index (χ0) is 12.4. The molecule has 2 rings (SSSR count). The van der Waals surface area contributed by atoms with Gasteiger partial charge in [-0.1, -0.05) is 12.2 Å². The molecule has 0 aromatic heterocycles. The molecule has 2 aliphatic rings.